The molecule has 0 atom stereocenters. The smallest absolute Gasteiger partial charge is 0.232 e. The zero-order valence-corrected chi connectivity index (χ0v) is 18.7. The molecule has 1 heterocycles. The first kappa shape index (κ1) is 23.6. The summed E-state index contributed by atoms with van der Waals surface area (Å²) < 4.78 is 51.8. The van der Waals surface area contributed by atoms with Gasteiger partial charge in [-0.2, -0.15) is 0 Å². The minimum Gasteiger partial charge on any atom is -0.326 e. The second-order valence-electron chi connectivity index (χ2n) is 7.74. The molecule has 32 heavy (non-hydrogen) atoms. The highest BCUT2D eigenvalue weighted by molar-refractivity contribution is 7.92. The van der Waals surface area contributed by atoms with E-state index in [1.807, 2.05) is 13.0 Å². The molecule has 2 aromatic carbocycles. The van der Waals surface area contributed by atoms with Gasteiger partial charge in [0.05, 0.1) is 11.9 Å². The Labute approximate surface area is 186 Å². The summed E-state index contributed by atoms with van der Waals surface area (Å²) in [4.78, 5) is 26.1. The molecule has 3 rings (SSSR count). The van der Waals surface area contributed by atoms with Gasteiger partial charge in [-0.05, 0) is 49.6 Å². The summed E-state index contributed by atoms with van der Waals surface area (Å²) in [6, 6.07) is 8.15. The zero-order chi connectivity index (χ0) is 23.5. The Morgan fingerprint density at radius 1 is 1.16 bits per heavy atom. The number of nitrogens with one attached hydrogen (secondary N) is 1. The second kappa shape index (κ2) is 9.64. The fourth-order valence-corrected chi connectivity index (χ4v) is 4.57. The predicted octanol–water partition coefficient (Wildman–Crippen LogP) is 3.58. The molecular weight excluding hydrogens is 440 g/mol. The van der Waals surface area contributed by atoms with E-state index in [1.54, 1.807) is 17.0 Å². The molecule has 10 heteroatoms. The van der Waals surface area contributed by atoms with Gasteiger partial charge in [-0.3, -0.25) is 13.9 Å². The number of halogens is 2. The molecule has 0 radical (unpaired) electrons. The van der Waals surface area contributed by atoms with Crippen molar-refractivity contribution in [2.75, 3.05) is 33.9 Å². The third-order valence-corrected chi connectivity index (χ3v) is 6.41. The summed E-state index contributed by atoms with van der Waals surface area (Å²) in [5.74, 6) is -2.50. The highest BCUT2D eigenvalue weighted by atomic mass is 32.2. The van der Waals surface area contributed by atoms with Crippen LogP contribution in [0.1, 0.15) is 31.2 Å². The first-order valence-corrected chi connectivity index (χ1v) is 12.0. The van der Waals surface area contributed by atoms with Crippen molar-refractivity contribution in [3.8, 4) is 0 Å². The van der Waals surface area contributed by atoms with Gasteiger partial charge in [-0.25, -0.2) is 17.2 Å². The lowest BCUT2D eigenvalue weighted by Gasteiger charge is -2.22. The number of hydrogen-bond acceptors (Lipinski definition) is 4. The number of benzene rings is 2. The number of carbonyl (C=O) groups excluding carboxylic acids is 2. The van der Waals surface area contributed by atoms with Crippen LogP contribution in [0.2, 0.25) is 0 Å². The third kappa shape index (κ3) is 5.61. The first-order valence-electron chi connectivity index (χ1n) is 10.2. The van der Waals surface area contributed by atoms with Gasteiger partial charge in [0.1, 0.15) is 0 Å². The number of nitrogens with zero attached hydrogens (tertiary/aromatic N) is 2. The van der Waals surface area contributed by atoms with Crippen LogP contribution in [-0.4, -0.2) is 39.6 Å². The summed E-state index contributed by atoms with van der Waals surface area (Å²) in [6.07, 6.45) is 2.44. The molecule has 7 nitrogen and oxygen atoms in total. The second-order valence-corrected chi connectivity index (χ2v) is 9.64. The highest BCUT2D eigenvalue weighted by Crippen LogP contribution is 2.28. The normalized spacial score (nSPS) is 14.0. The summed E-state index contributed by atoms with van der Waals surface area (Å²) in [5.41, 5.74) is 2.21. The molecule has 0 spiro atoms. The van der Waals surface area contributed by atoms with Gasteiger partial charge in [0.2, 0.25) is 21.8 Å². The van der Waals surface area contributed by atoms with Gasteiger partial charge in [0, 0.05) is 43.4 Å². The maximum atomic E-state index is 13.5. The SMILES string of the molecule is Cc1ccc(NC(=O)CCCN(c2ccc(F)c(F)c2)S(C)(=O)=O)cc1N1CCCC1=O. The molecule has 1 saturated heterocycles. The Morgan fingerprint density at radius 3 is 2.53 bits per heavy atom. The molecule has 1 aliphatic rings. The number of carbonyl (C=O) groups is 2. The van der Waals surface area contributed by atoms with Crippen molar-refractivity contribution < 1.29 is 26.8 Å². The summed E-state index contributed by atoms with van der Waals surface area (Å²) in [6.45, 7) is 2.46. The lowest BCUT2D eigenvalue weighted by Crippen LogP contribution is -2.31. The molecule has 1 aliphatic heterocycles. The molecule has 0 aromatic heterocycles. The van der Waals surface area contributed by atoms with E-state index < -0.39 is 21.7 Å². The minimum atomic E-state index is -3.75. The maximum absolute atomic E-state index is 13.5. The monoisotopic (exact) mass is 465 g/mol. The van der Waals surface area contributed by atoms with Gasteiger partial charge < -0.3 is 10.2 Å². The Hall–Kier alpha value is -3.01. The van der Waals surface area contributed by atoms with E-state index >= 15 is 0 Å². The van der Waals surface area contributed by atoms with Crippen LogP contribution >= 0.6 is 0 Å². The van der Waals surface area contributed by atoms with Gasteiger partial charge in [0.15, 0.2) is 11.6 Å². The molecule has 0 unspecified atom stereocenters. The van der Waals surface area contributed by atoms with Crippen LogP contribution in [0.5, 0.6) is 0 Å². The van der Waals surface area contributed by atoms with Gasteiger partial charge in [0.25, 0.3) is 0 Å². The standard InChI is InChI=1S/C22H25F2N3O4S/c1-15-7-8-16(13-20(15)26-11-4-6-22(26)29)25-21(28)5-3-12-27(32(2,30)31)17-9-10-18(23)19(24)14-17/h7-10,13-14H,3-6,11-12H2,1-2H3,(H,25,28). The molecule has 0 saturated carbocycles. The number of hydrogen-bond donors (Lipinski definition) is 1. The van der Waals surface area contributed by atoms with Gasteiger partial charge in [-0.1, -0.05) is 6.07 Å². The fourth-order valence-electron chi connectivity index (χ4n) is 3.61. The van der Waals surface area contributed by atoms with Crippen LogP contribution in [0.25, 0.3) is 0 Å². The van der Waals surface area contributed by atoms with E-state index in [0.717, 1.165) is 40.4 Å². The molecule has 0 aliphatic carbocycles. The van der Waals surface area contributed by atoms with Crippen molar-refractivity contribution in [1.82, 2.24) is 0 Å². The predicted molar refractivity (Wildman–Crippen MR) is 119 cm³/mol. The van der Waals surface area contributed by atoms with E-state index in [9.17, 15) is 26.8 Å². The number of amides is 2. The van der Waals surface area contributed by atoms with E-state index in [1.165, 1.54) is 6.07 Å². The highest BCUT2D eigenvalue weighted by Gasteiger charge is 2.23. The molecule has 2 amide bonds. The van der Waals surface area contributed by atoms with Crippen LogP contribution in [0.15, 0.2) is 36.4 Å². The van der Waals surface area contributed by atoms with E-state index in [4.69, 9.17) is 0 Å². The Morgan fingerprint density at radius 2 is 1.91 bits per heavy atom. The molecule has 1 fully saturated rings. The molecular formula is C22H25F2N3O4S. The molecule has 2 aromatic rings. The summed E-state index contributed by atoms with van der Waals surface area (Å²) in [7, 11) is -3.75. The first-order chi connectivity index (χ1) is 15.1. The van der Waals surface area contributed by atoms with E-state index in [0.29, 0.717) is 18.7 Å². The minimum absolute atomic E-state index is 0.00901. The third-order valence-electron chi connectivity index (χ3n) is 5.21. The maximum Gasteiger partial charge on any atom is 0.232 e. The number of anilines is 3. The van der Waals surface area contributed by atoms with E-state index in [-0.39, 0.29) is 36.9 Å². The van der Waals surface area contributed by atoms with Crippen molar-refractivity contribution in [3.05, 3.63) is 53.6 Å². The van der Waals surface area contributed by atoms with Gasteiger partial charge >= 0.3 is 0 Å². The quantitative estimate of drug-likeness (QED) is 0.646. The van der Waals surface area contributed by atoms with Crippen molar-refractivity contribution in [3.63, 3.8) is 0 Å². The van der Waals surface area contributed by atoms with Gasteiger partial charge in [-0.15, -0.1) is 0 Å². The topological polar surface area (TPSA) is 86.8 Å². The van der Waals surface area contributed by atoms with Crippen LogP contribution < -0.4 is 14.5 Å². The van der Waals surface area contributed by atoms with Crippen molar-refractivity contribution in [2.24, 2.45) is 0 Å². The Balaban J connectivity index is 1.62. The lowest BCUT2D eigenvalue weighted by molar-refractivity contribution is -0.117. The van der Waals surface area contributed by atoms with Crippen molar-refractivity contribution >= 4 is 38.9 Å². The Kier molecular flexibility index (Phi) is 7.12. The zero-order valence-electron chi connectivity index (χ0n) is 17.9. The fraction of sp³-hybridized carbons (Fsp3) is 0.364. The average molecular weight is 466 g/mol. The molecule has 172 valence electrons. The number of aryl methyl sites for hydroxylation is 1. The van der Waals surface area contributed by atoms with Crippen LogP contribution in [0.4, 0.5) is 25.8 Å². The van der Waals surface area contributed by atoms with Crippen molar-refractivity contribution in [1.29, 1.82) is 0 Å². The van der Waals surface area contributed by atoms with Crippen molar-refractivity contribution in [2.45, 2.75) is 32.6 Å². The van der Waals surface area contributed by atoms with Crippen LogP contribution in [-0.2, 0) is 19.6 Å². The van der Waals surface area contributed by atoms with E-state index in [2.05, 4.69) is 5.32 Å². The lowest BCUT2D eigenvalue weighted by atomic mass is 10.1. The summed E-state index contributed by atoms with van der Waals surface area (Å²) >= 11 is 0. The number of sulfonamides is 1. The van der Waals surface area contributed by atoms with Crippen LogP contribution in [0.3, 0.4) is 0 Å². The summed E-state index contributed by atoms with van der Waals surface area (Å²) in [5, 5.41) is 2.76. The largest absolute Gasteiger partial charge is 0.326 e. The van der Waals surface area contributed by atoms with Crippen LogP contribution in [0, 0.1) is 18.6 Å². The average Bonchev–Trinajstić information content (AvgIpc) is 3.14. The number of rotatable bonds is 8. The molecule has 0 bridgehead atoms. The molecule has 1 N–H and O–H groups in total. The Bertz CT molecular complexity index is 1140.